The number of thiophene rings is 1. The zero-order valence-electron chi connectivity index (χ0n) is 19.3. The first-order chi connectivity index (χ1) is 15.9. The van der Waals surface area contributed by atoms with E-state index in [1.54, 1.807) is 29.7 Å². The molecule has 0 fully saturated rings. The van der Waals surface area contributed by atoms with Crippen LogP contribution in [0.5, 0.6) is 5.75 Å². The third kappa shape index (κ3) is 5.47. The standard InChI is InChI=1S/C26H30N2O4S/c1-18(2)20-6-8-21(9-7-20)32-17-24-23-11-14-33-25(23)10-12-28(24)26(30)16-27(19(3)29)15-22-5-4-13-31-22/h4-9,11,13-14,18,24H,10,12,15-17H2,1-3H3/t24-/m1/s1. The van der Waals surface area contributed by atoms with E-state index in [1.807, 2.05) is 17.0 Å². The Bertz CT molecular complexity index is 1070. The molecule has 1 aliphatic heterocycles. The van der Waals surface area contributed by atoms with Crippen LogP contribution in [0.25, 0.3) is 0 Å². The lowest BCUT2D eigenvalue weighted by Gasteiger charge is -2.37. The lowest BCUT2D eigenvalue weighted by atomic mass is 10.00. The molecule has 0 saturated carbocycles. The molecule has 0 unspecified atom stereocenters. The molecule has 2 aromatic heterocycles. The molecule has 0 bridgehead atoms. The van der Waals surface area contributed by atoms with Gasteiger partial charge in [-0.2, -0.15) is 0 Å². The summed E-state index contributed by atoms with van der Waals surface area (Å²) >= 11 is 1.72. The summed E-state index contributed by atoms with van der Waals surface area (Å²) in [6.07, 6.45) is 2.38. The van der Waals surface area contributed by atoms with Crippen LogP contribution in [0.3, 0.4) is 0 Å². The largest absolute Gasteiger partial charge is 0.491 e. The van der Waals surface area contributed by atoms with Gasteiger partial charge in [-0.3, -0.25) is 9.59 Å². The van der Waals surface area contributed by atoms with Crippen molar-refractivity contribution in [3.8, 4) is 5.75 Å². The Hall–Kier alpha value is -3.06. The van der Waals surface area contributed by atoms with Crippen molar-refractivity contribution in [2.24, 2.45) is 0 Å². The van der Waals surface area contributed by atoms with Crippen molar-refractivity contribution in [3.63, 3.8) is 0 Å². The summed E-state index contributed by atoms with van der Waals surface area (Å²) < 4.78 is 11.5. The zero-order valence-corrected chi connectivity index (χ0v) is 20.1. The highest BCUT2D eigenvalue weighted by Gasteiger charge is 2.33. The number of carbonyl (C=O) groups is 2. The van der Waals surface area contributed by atoms with Crippen LogP contribution in [0.15, 0.2) is 58.5 Å². The average Bonchev–Trinajstić information content (AvgIpc) is 3.49. The van der Waals surface area contributed by atoms with Gasteiger partial charge in [0.1, 0.15) is 24.7 Å². The van der Waals surface area contributed by atoms with Crippen LogP contribution in [0.4, 0.5) is 0 Å². The van der Waals surface area contributed by atoms with Crippen LogP contribution in [-0.4, -0.2) is 41.3 Å². The lowest BCUT2D eigenvalue weighted by molar-refractivity contribution is -0.142. The first-order valence-corrected chi connectivity index (χ1v) is 12.2. The van der Waals surface area contributed by atoms with Crippen LogP contribution in [-0.2, 0) is 22.6 Å². The number of hydrogen-bond donors (Lipinski definition) is 0. The van der Waals surface area contributed by atoms with Crippen molar-refractivity contribution in [2.45, 2.75) is 45.7 Å². The minimum atomic E-state index is -0.185. The van der Waals surface area contributed by atoms with Crippen LogP contribution in [0.2, 0.25) is 0 Å². The van der Waals surface area contributed by atoms with E-state index < -0.39 is 0 Å². The van der Waals surface area contributed by atoms with Gasteiger partial charge in [0.15, 0.2) is 0 Å². The predicted octanol–water partition coefficient (Wildman–Crippen LogP) is 5.02. The number of carbonyl (C=O) groups excluding carboxylic acids is 2. The minimum Gasteiger partial charge on any atom is -0.491 e. The van der Waals surface area contributed by atoms with Gasteiger partial charge in [-0.25, -0.2) is 0 Å². The van der Waals surface area contributed by atoms with Crippen LogP contribution >= 0.6 is 11.3 Å². The van der Waals surface area contributed by atoms with Crippen molar-refractivity contribution in [3.05, 3.63) is 75.9 Å². The second-order valence-corrected chi connectivity index (χ2v) is 9.64. The molecule has 6 nitrogen and oxygen atoms in total. The third-order valence-corrected chi connectivity index (χ3v) is 7.06. The highest BCUT2D eigenvalue weighted by molar-refractivity contribution is 7.10. The molecule has 0 spiro atoms. The molecule has 1 aliphatic rings. The molecule has 0 saturated heterocycles. The predicted molar refractivity (Wildman–Crippen MR) is 128 cm³/mol. The fourth-order valence-electron chi connectivity index (χ4n) is 4.12. The molecular formula is C26H30N2O4S. The smallest absolute Gasteiger partial charge is 0.242 e. The van der Waals surface area contributed by atoms with Crippen molar-refractivity contribution >= 4 is 23.2 Å². The Morgan fingerprint density at radius 1 is 1.21 bits per heavy atom. The van der Waals surface area contributed by atoms with Crippen LogP contribution < -0.4 is 4.74 Å². The van der Waals surface area contributed by atoms with Crippen molar-refractivity contribution in [2.75, 3.05) is 19.7 Å². The maximum Gasteiger partial charge on any atom is 0.242 e. The SMILES string of the molecule is CC(=O)N(CC(=O)N1CCc2sccc2[C@H]1COc1ccc(C(C)C)cc1)Cc1ccco1. The van der Waals surface area contributed by atoms with Crippen molar-refractivity contribution in [1.82, 2.24) is 9.80 Å². The Balaban J connectivity index is 1.48. The number of furan rings is 1. The number of nitrogens with zero attached hydrogens (tertiary/aromatic N) is 2. The Labute approximate surface area is 198 Å². The third-order valence-electron chi connectivity index (χ3n) is 6.07. The van der Waals surface area contributed by atoms with E-state index in [1.165, 1.54) is 22.3 Å². The monoisotopic (exact) mass is 466 g/mol. The molecule has 0 aliphatic carbocycles. The normalized spacial score (nSPS) is 15.4. The summed E-state index contributed by atoms with van der Waals surface area (Å²) in [4.78, 5) is 30.2. The van der Waals surface area contributed by atoms with Gasteiger partial charge in [0.25, 0.3) is 0 Å². The molecular weight excluding hydrogens is 436 g/mol. The Kier molecular flexibility index (Phi) is 7.18. The molecule has 174 valence electrons. The number of ether oxygens (including phenoxy) is 1. The van der Waals surface area contributed by atoms with E-state index >= 15 is 0 Å². The molecule has 3 heterocycles. The van der Waals surface area contributed by atoms with E-state index in [4.69, 9.17) is 9.15 Å². The molecule has 7 heteroatoms. The maximum atomic E-state index is 13.4. The van der Waals surface area contributed by atoms with Crippen LogP contribution in [0.1, 0.15) is 54.5 Å². The first-order valence-electron chi connectivity index (χ1n) is 11.3. The van der Waals surface area contributed by atoms with Gasteiger partial charge in [0.05, 0.1) is 18.8 Å². The second-order valence-electron chi connectivity index (χ2n) is 8.64. The molecule has 1 atom stereocenters. The minimum absolute atomic E-state index is 0.00902. The van der Waals surface area contributed by atoms with Gasteiger partial charge in [0, 0.05) is 18.3 Å². The fraction of sp³-hybridized carbons (Fsp3) is 0.385. The number of amides is 2. The van der Waals surface area contributed by atoms with Crippen molar-refractivity contribution < 1.29 is 18.7 Å². The van der Waals surface area contributed by atoms with Gasteiger partial charge in [-0.15, -0.1) is 11.3 Å². The van der Waals surface area contributed by atoms with E-state index in [0.717, 1.165) is 17.7 Å². The van der Waals surface area contributed by atoms with Crippen molar-refractivity contribution in [1.29, 1.82) is 0 Å². The lowest BCUT2D eigenvalue weighted by Crippen LogP contribution is -2.47. The van der Waals surface area contributed by atoms with Crippen LogP contribution in [0, 0.1) is 0 Å². The molecule has 0 N–H and O–H groups in total. The quantitative estimate of drug-likeness (QED) is 0.468. The summed E-state index contributed by atoms with van der Waals surface area (Å²) in [5.74, 6) is 1.66. The maximum absolute atomic E-state index is 13.4. The number of hydrogen-bond acceptors (Lipinski definition) is 5. The molecule has 33 heavy (non-hydrogen) atoms. The van der Waals surface area contributed by atoms with Gasteiger partial charge in [-0.05, 0) is 59.2 Å². The number of rotatable bonds is 8. The Morgan fingerprint density at radius 3 is 2.67 bits per heavy atom. The van der Waals surface area contributed by atoms with E-state index in [-0.39, 0.29) is 30.9 Å². The first kappa shape index (κ1) is 23.1. The van der Waals surface area contributed by atoms with Gasteiger partial charge >= 0.3 is 0 Å². The highest BCUT2D eigenvalue weighted by Crippen LogP contribution is 2.34. The molecule has 2 amide bonds. The van der Waals surface area contributed by atoms with E-state index in [0.29, 0.717) is 24.8 Å². The summed E-state index contributed by atoms with van der Waals surface area (Å²) in [6.45, 7) is 7.06. The summed E-state index contributed by atoms with van der Waals surface area (Å²) in [7, 11) is 0. The molecule has 1 aromatic carbocycles. The average molecular weight is 467 g/mol. The van der Waals surface area contributed by atoms with E-state index in [2.05, 4.69) is 37.4 Å². The summed E-state index contributed by atoms with van der Waals surface area (Å²) in [6, 6.07) is 13.6. The number of benzene rings is 1. The van der Waals surface area contributed by atoms with Gasteiger partial charge in [0.2, 0.25) is 11.8 Å². The second kappa shape index (κ2) is 10.3. The molecule has 3 aromatic rings. The summed E-state index contributed by atoms with van der Waals surface area (Å²) in [5, 5.41) is 2.07. The van der Waals surface area contributed by atoms with E-state index in [9.17, 15) is 9.59 Å². The fourth-order valence-corrected chi connectivity index (χ4v) is 5.05. The topological polar surface area (TPSA) is 63.0 Å². The van der Waals surface area contributed by atoms with Gasteiger partial charge < -0.3 is 19.0 Å². The molecule has 0 radical (unpaired) electrons. The Morgan fingerprint density at radius 2 is 2.00 bits per heavy atom. The molecule has 4 rings (SSSR count). The van der Waals surface area contributed by atoms with Gasteiger partial charge in [-0.1, -0.05) is 26.0 Å². The highest BCUT2D eigenvalue weighted by atomic mass is 32.1. The summed E-state index contributed by atoms with van der Waals surface area (Å²) in [5.41, 5.74) is 2.40. The zero-order chi connectivity index (χ0) is 23.4. The number of fused-ring (bicyclic) bond motifs is 1.